The van der Waals surface area contributed by atoms with Crippen molar-refractivity contribution in [1.82, 2.24) is 10.3 Å². The van der Waals surface area contributed by atoms with Crippen molar-refractivity contribution in [2.75, 3.05) is 5.32 Å². The standard InChI is InChI=1S/C59H99N5O6/c1-21-25-27-37(23-3)52(65)63-50-46(54(67)69-48-39(56(9,10)11)29-35(7)30-40(48)57(12,13)14)45(34(5)6)43(60-50)33-44-61-47(51(62-44)64-53(66)38(24-4)28-26-22-2)55(68)70-49-41(58(15,16)17)31-36(8)32-42(49)59(18,19)20/h33-42,48-49,60H,21-32H2,1-20H3,(H,63,65)(H,62,64,66). The van der Waals surface area contributed by atoms with Crippen molar-refractivity contribution in [3.8, 4) is 0 Å². The number of aromatic amines is 1. The van der Waals surface area contributed by atoms with Crippen molar-refractivity contribution in [2.24, 2.45) is 79.0 Å². The molecule has 3 N–H and O–H groups in total. The minimum atomic E-state index is -0.624. The van der Waals surface area contributed by atoms with Gasteiger partial charge in [0.2, 0.25) is 11.8 Å². The number of unbranched alkanes of at least 4 members (excludes halogenated alkanes) is 2. The second-order valence-electron chi connectivity index (χ2n) is 26.5. The first-order valence-electron chi connectivity index (χ1n) is 27.6. The van der Waals surface area contributed by atoms with Crippen LogP contribution in [0.15, 0.2) is 15.8 Å². The van der Waals surface area contributed by atoms with E-state index in [2.05, 4.69) is 126 Å². The Morgan fingerprint density at radius 3 is 1.40 bits per heavy atom. The highest BCUT2D eigenvalue weighted by atomic mass is 16.5. The van der Waals surface area contributed by atoms with Gasteiger partial charge >= 0.3 is 11.9 Å². The Bertz CT molecular complexity index is 2020. The number of aromatic nitrogens is 1. The molecule has 2 saturated carbocycles. The van der Waals surface area contributed by atoms with Crippen LogP contribution in [0.25, 0.3) is 6.08 Å². The molecule has 11 heteroatoms. The van der Waals surface area contributed by atoms with Gasteiger partial charge in [-0.25, -0.2) is 19.6 Å². The van der Waals surface area contributed by atoms with Crippen LogP contribution < -0.4 is 10.6 Å². The van der Waals surface area contributed by atoms with Crippen molar-refractivity contribution >= 4 is 47.2 Å². The number of amides is 2. The molecule has 2 fully saturated rings. The molecule has 396 valence electrons. The SMILES string of the molecule is CCCCC(CC)C(=O)NC1=NC(=Cc2[nH]c(NC(=O)C(CC)CCCC)c(C(=O)OC3C(C(C)(C)C)CC(C)CC3C(C)(C)C)c2C(C)C)N=C1C(=O)OC1C(C(C)(C)C)CC(C)CC1C(C)(C)C. The van der Waals surface area contributed by atoms with Crippen molar-refractivity contribution in [3.63, 3.8) is 0 Å². The maximum atomic E-state index is 15.2. The maximum absolute atomic E-state index is 15.2. The molecule has 1 aromatic rings. The third kappa shape index (κ3) is 14.7. The molecule has 0 aromatic carbocycles. The highest BCUT2D eigenvalue weighted by Crippen LogP contribution is 2.52. The number of ether oxygens (including phenoxy) is 2. The van der Waals surface area contributed by atoms with Gasteiger partial charge in [0, 0.05) is 47.3 Å². The summed E-state index contributed by atoms with van der Waals surface area (Å²) >= 11 is 0. The number of carbonyl (C=O) groups excluding carboxylic acids is 4. The summed E-state index contributed by atoms with van der Waals surface area (Å²) in [5.74, 6) is -0.367. The van der Waals surface area contributed by atoms with E-state index in [-0.39, 0.29) is 116 Å². The van der Waals surface area contributed by atoms with Gasteiger partial charge < -0.3 is 25.1 Å². The summed E-state index contributed by atoms with van der Waals surface area (Å²) < 4.78 is 13.6. The van der Waals surface area contributed by atoms with E-state index < -0.39 is 11.9 Å². The third-order valence-corrected chi connectivity index (χ3v) is 16.2. The number of nitrogens with zero attached hydrogens (tertiary/aromatic N) is 2. The van der Waals surface area contributed by atoms with Gasteiger partial charge in [-0.1, -0.05) is 164 Å². The van der Waals surface area contributed by atoms with E-state index in [4.69, 9.17) is 19.5 Å². The first kappa shape index (κ1) is 58.8. The lowest BCUT2D eigenvalue weighted by atomic mass is 9.59. The molecule has 11 nitrogen and oxygen atoms in total. The van der Waals surface area contributed by atoms with Crippen LogP contribution >= 0.6 is 0 Å². The number of aliphatic imine (C=N–C) groups is 2. The van der Waals surface area contributed by atoms with Crippen LogP contribution in [0.1, 0.15) is 243 Å². The molecule has 4 rings (SSSR count). The second kappa shape index (κ2) is 23.9. The molecule has 70 heavy (non-hydrogen) atoms. The van der Waals surface area contributed by atoms with Crippen LogP contribution in [0.5, 0.6) is 0 Å². The number of nitrogens with one attached hydrogen (secondary N) is 3. The van der Waals surface area contributed by atoms with Crippen molar-refractivity contribution in [2.45, 2.75) is 234 Å². The molecule has 2 aliphatic carbocycles. The minimum absolute atomic E-state index is 0.0515. The average Bonchev–Trinajstić information content (AvgIpc) is 3.81. The predicted octanol–water partition coefficient (Wildman–Crippen LogP) is 14.7. The first-order chi connectivity index (χ1) is 32.4. The smallest absolute Gasteiger partial charge is 0.361 e. The lowest BCUT2D eigenvalue weighted by Crippen LogP contribution is -2.51. The fraction of sp³-hybridized carbons (Fsp3) is 0.797. The molecule has 1 aliphatic heterocycles. The number of anilines is 1. The predicted molar refractivity (Wildman–Crippen MR) is 289 cm³/mol. The Morgan fingerprint density at radius 1 is 0.629 bits per heavy atom. The van der Waals surface area contributed by atoms with Crippen molar-refractivity contribution < 1.29 is 28.7 Å². The molecule has 0 bridgehead atoms. The highest BCUT2D eigenvalue weighted by Gasteiger charge is 2.50. The van der Waals surface area contributed by atoms with Crippen LogP contribution in [-0.4, -0.2) is 52.5 Å². The zero-order valence-electron chi connectivity index (χ0n) is 47.8. The van der Waals surface area contributed by atoms with Crippen LogP contribution in [0.3, 0.4) is 0 Å². The summed E-state index contributed by atoms with van der Waals surface area (Å²) in [6.07, 6.45) is 11.2. The lowest BCUT2D eigenvalue weighted by Gasteiger charge is -2.50. The summed E-state index contributed by atoms with van der Waals surface area (Å²) in [6, 6.07) is 0. The van der Waals surface area contributed by atoms with E-state index in [1.165, 1.54) is 0 Å². The zero-order chi connectivity index (χ0) is 52.8. The van der Waals surface area contributed by atoms with E-state index in [1.54, 1.807) is 6.08 Å². The van der Waals surface area contributed by atoms with Crippen LogP contribution in [0, 0.1) is 69.0 Å². The molecule has 6 atom stereocenters. The van der Waals surface area contributed by atoms with Gasteiger partial charge in [-0.15, -0.1) is 0 Å². The molecule has 1 aromatic heterocycles. The molecule has 6 unspecified atom stereocenters. The van der Waals surface area contributed by atoms with E-state index in [1.807, 2.05) is 27.7 Å². The number of H-pyrrole nitrogens is 1. The van der Waals surface area contributed by atoms with Gasteiger partial charge in [-0.05, 0) is 96.3 Å². The van der Waals surface area contributed by atoms with Crippen molar-refractivity contribution in [1.29, 1.82) is 0 Å². The number of rotatable bonds is 17. The summed E-state index contributed by atoms with van der Waals surface area (Å²) in [6.45, 7) is 43.6. The second-order valence-corrected chi connectivity index (χ2v) is 26.5. The monoisotopic (exact) mass is 974 g/mol. The fourth-order valence-electron chi connectivity index (χ4n) is 11.8. The molecule has 0 radical (unpaired) electrons. The van der Waals surface area contributed by atoms with Gasteiger partial charge in [0.15, 0.2) is 17.4 Å². The topological polar surface area (TPSA) is 151 Å². The average molecular weight is 974 g/mol. The first-order valence-corrected chi connectivity index (χ1v) is 27.6. The van der Waals surface area contributed by atoms with E-state index in [0.717, 1.165) is 57.8 Å². The number of esters is 2. The molecule has 0 saturated heterocycles. The number of amidine groups is 1. The van der Waals surface area contributed by atoms with Gasteiger partial charge in [0.25, 0.3) is 0 Å². The van der Waals surface area contributed by atoms with Crippen molar-refractivity contribution in [3.05, 3.63) is 22.6 Å². The third-order valence-electron chi connectivity index (χ3n) is 16.2. The van der Waals surface area contributed by atoms with Gasteiger partial charge in [0.1, 0.15) is 23.6 Å². The fourth-order valence-corrected chi connectivity index (χ4v) is 11.8. The number of hydrogen-bond acceptors (Lipinski definition) is 8. The quantitative estimate of drug-likeness (QED) is 0.132. The Labute approximate surface area is 425 Å². The Morgan fingerprint density at radius 2 is 1.03 bits per heavy atom. The minimum Gasteiger partial charge on any atom is -0.458 e. The Hall–Kier alpha value is -3.76. The Balaban J connectivity index is 1.94. The molecule has 0 spiro atoms. The van der Waals surface area contributed by atoms with E-state index in [9.17, 15) is 14.4 Å². The zero-order valence-corrected chi connectivity index (χ0v) is 47.8. The lowest BCUT2D eigenvalue weighted by molar-refractivity contribution is -0.161. The van der Waals surface area contributed by atoms with Crippen LogP contribution in [-0.2, 0) is 23.9 Å². The molecular weight excluding hydrogens is 875 g/mol. The largest absolute Gasteiger partial charge is 0.458 e. The van der Waals surface area contributed by atoms with Gasteiger partial charge in [-0.3, -0.25) is 9.59 Å². The normalized spacial score (nSPS) is 26.1. The van der Waals surface area contributed by atoms with Crippen LogP contribution in [0.2, 0.25) is 0 Å². The molecule has 2 heterocycles. The summed E-state index contributed by atoms with van der Waals surface area (Å²) in [5.41, 5.74) is 0.858. The molecule has 3 aliphatic rings. The number of carbonyl (C=O) groups is 4. The molecular formula is C59H99N5O6. The number of hydrogen-bond donors (Lipinski definition) is 3. The van der Waals surface area contributed by atoms with E-state index in [0.29, 0.717) is 42.4 Å². The highest BCUT2D eigenvalue weighted by molar-refractivity contribution is 6.67. The maximum Gasteiger partial charge on any atom is 0.361 e. The summed E-state index contributed by atoms with van der Waals surface area (Å²) in [5, 5.41) is 6.20. The summed E-state index contributed by atoms with van der Waals surface area (Å²) in [7, 11) is 0. The Kier molecular flexibility index (Phi) is 20.0. The van der Waals surface area contributed by atoms with Gasteiger partial charge in [0.05, 0.1) is 0 Å². The van der Waals surface area contributed by atoms with E-state index >= 15 is 4.79 Å². The van der Waals surface area contributed by atoms with Crippen LogP contribution in [0.4, 0.5) is 5.82 Å². The summed E-state index contributed by atoms with van der Waals surface area (Å²) in [4.78, 5) is 71.5. The van der Waals surface area contributed by atoms with Gasteiger partial charge in [-0.2, -0.15) is 0 Å². The molecule has 2 amide bonds.